The number of aromatic amines is 1. The van der Waals surface area contributed by atoms with Crippen LogP contribution in [0.5, 0.6) is 0 Å². The van der Waals surface area contributed by atoms with Crippen molar-refractivity contribution in [3.8, 4) is 17.5 Å². The van der Waals surface area contributed by atoms with Gasteiger partial charge in [-0.1, -0.05) is 12.1 Å². The molecule has 1 N–H and O–H groups in total. The van der Waals surface area contributed by atoms with Crippen LogP contribution in [-0.4, -0.2) is 19.9 Å². The third-order valence-corrected chi connectivity index (χ3v) is 3.39. The van der Waals surface area contributed by atoms with Crippen LogP contribution in [0, 0.1) is 11.3 Å². The van der Waals surface area contributed by atoms with E-state index in [1.165, 1.54) is 0 Å². The van der Waals surface area contributed by atoms with Gasteiger partial charge >= 0.3 is 0 Å². The maximum atomic E-state index is 9.16. The van der Waals surface area contributed by atoms with Crippen LogP contribution in [0.3, 0.4) is 0 Å². The number of fused-ring (bicyclic) bond motifs is 2. The first-order valence-corrected chi connectivity index (χ1v) is 6.46. The minimum absolute atomic E-state index is 0.557. The first-order valence-electron chi connectivity index (χ1n) is 6.46. The van der Waals surface area contributed by atoms with Crippen LogP contribution < -0.4 is 0 Å². The monoisotopic (exact) mass is 271 g/mol. The first kappa shape index (κ1) is 11.6. The van der Waals surface area contributed by atoms with E-state index in [1.807, 2.05) is 30.3 Å². The Bertz CT molecular complexity index is 1000. The van der Waals surface area contributed by atoms with Crippen LogP contribution in [0.15, 0.2) is 48.8 Å². The average molecular weight is 271 g/mol. The molecule has 0 aliphatic heterocycles. The van der Waals surface area contributed by atoms with Gasteiger partial charge in [0, 0.05) is 18.0 Å². The molecule has 0 aliphatic carbocycles. The second kappa shape index (κ2) is 4.39. The Kier molecular flexibility index (Phi) is 2.42. The van der Waals surface area contributed by atoms with E-state index in [9.17, 15) is 0 Å². The number of nitrogens with one attached hydrogen (secondary N) is 1. The van der Waals surface area contributed by atoms with Crippen molar-refractivity contribution in [3.05, 3.63) is 54.4 Å². The van der Waals surface area contributed by atoms with Crippen LogP contribution in [0.2, 0.25) is 0 Å². The van der Waals surface area contributed by atoms with Gasteiger partial charge in [0.1, 0.15) is 17.4 Å². The van der Waals surface area contributed by atoms with Crippen molar-refractivity contribution in [1.82, 2.24) is 19.9 Å². The molecule has 0 fully saturated rings. The Morgan fingerprint density at radius 2 is 1.81 bits per heavy atom. The molecular weight excluding hydrogens is 262 g/mol. The van der Waals surface area contributed by atoms with E-state index < -0.39 is 0 Å². The normalized spacial score (nSPS) is 10.8. The van der Waals surface area contributed by atoms with E-state index in [-0.39, 0.29) is 0 Å². The second-order valence-corrected chi connectivity index (χ2v) is 4.63. The molecule has 0 saturated heterocycles. The summed E-state index contributed by atoms with van der Waals surface area (Å²) in [4.78, 5) is 16.5. The van der Waals surface area contributed by atoms with Crippen molar-refractivity contribution < 1.29 is 0 Å². The summed E-state index contributed by atoms with van der Waals surface area (Å²) in [5.41, 5.74) is 4.55. The summed E-state index contributed by atoms with van der Waals surface area (Å²) < 4.78 is 0. The van der Waals surface area contributed by atoms with Gasteiger partial charge in [0.25, 0.3) is 0 Å². The van der Waals surface area contributed by atoms with Crippen LogP contribution in [0.1, 0.15) is 5.56 Å². The van der Waals surface area contributed by atoms with Crippen LogP contribution >= 0.6 is 0 Å². The minimum Gasteiger partial charge on any atom is -0.338 e. The Hall–Kier alpha value is -3.26. The van der Waals surface area contributed by atoms with Gasteiger partial charge in [-0.3, -0.25) is 9.97 Å². The molecule has 0 bridgehead atoms. The van der Waals surface area contributed by atoms with E-state index in [0.717, 1.165) is 22.1 Å². The number of H-pyrrole nitrogens is 1. The van der Waals surface area contributed by atoms with E-state index in [1.54, 1.807) is 18.5 Å². The van der Waals surface area contributed by atoms with Crippen LogP contribution in [0.25, 0.3) is 33.5 Å². The van der Waals surface area contributed by atoms with E-state index in [2.05, 4.69) is 26.0 Å². The summed E-state index contributed by atoms with van der Waals surface area (Å²) in [7, 11) is 0. The molecule has 2 aromatic carbocycles. The molecule has 0 spiro atoms. The second-order valence-electron chi connectivity index (χ2n) is 4.63. The SMILES string of the molecule is N#Cc1cccc2[nH]c(-c3cccc4nccnc34)nc12. The lowest BCUT2D eigenvalue weighted by molar-refractivity contribution is 1.27. The molecule has 0 unspecified atom stereocenters. The smallest absolute Gasteiger partial charge is 0.140 e. The van der Waals surface area contributed by atoms with Gasteiger partial charge in [-0.05, 0) is 24.3 Å². The molecule has 0 radical (unpaired) electrons. The number of nitriles is 1. The molecule has 4 aromatic rings. The summed E-state index contributed by atoms with van der Waals surface area (Å²) >= 11 is 0. The lowest BCUT2D eigenvalue weighted by Crippen LogP contribution is -1.88. The van der Waals surface area contributed by atoms with E-state index in [4.69, 9.17) is 5.26 Å². The molecule has 98 valence electrons. The Labute approximate surface area is 119 Å². The molecule has 0 atom stereocenters. The third-order valence-electron chi connectivity index (χ3n) is 3.39. The summed E-state index contributed by atoms with van der Waals surface area (Å²) in [5, 5.41) is 9.16. The summed E-state index contributed by atoms with van der Waals surface area (Å²) in [5.74, 6) is 0.693. The lowest BCUT2D eigenvalue weighted by Gasteiger charge is -2.01. The number of para-hydroxylation sites is 2. The molecule has 0 amide bonds. The number of imidazole rings is 1. The highest BCUT2D eigenvalue weighted by molar-refractivity contribution is 5.92. The topological polar surface area (TPSA) is 78.2 Å². The number of rotatable bonds is 1. The van der Waals surface area contributed by atoms with Gasteiger partial charge in [-0.15, -0.1) is 0 Å². The maximum absolute atomic E-state index is 9.16. The van der Waals surface area contributed by atoms with Crippen molar-refractivity contribution in [1.29, 1.82) is 5.26 Å². The average Bonchev–Trinajstić information content (AvgIpc) is 2.98. The van der Waals surface area contributed by atoms with Gasteiger partial charge in [0.2, 0.25) is 0 Å². The van der Waals surface area contributed by atoms with Gasteiger partial charge in [-0.25, -0.2) is 4.98 Å². The van der Waals surface area contributed by atoms with E-state index >= 15 is 0 Å². The number of aromatic nitrogens is 4. The summed E-state index contributed by atoms with van der Waals surface area (Å²) in [6.07, 6.45) is 3.33. The highest BCUT2D eigenvalue weighted by Crippen LogP contribution is 2.26. The molecule has 2 heterocycles. The van der Waals surface area contributed by atoms with Crippen molar-refractivity contribution in [2.24, 2.45) is 0 Å². The molecule has 0 aliphatic rings. The zero-order valence-electron chi connectivity index (χ0n) is 10.9. The minimum atomic E-state index is 0.557. The van der Waals surface area contributed by atoms with Gasteiger partial charge in [0.15, 0.2) is 0 Å². The van der Waals surface area contributed by atoms with Crippen LogP contribution in [0.4, 0.5) is 0 Å². The first-order chi connectivity index (χ1) is 10.4. The highest BCUT2D eigenvalue weighted by Gasteiger charge is 2.11. The zero-order chi connectivity index (χ0) is 14.2. The standard InChI is InChI=1S/C16H9N5/c17-9-10-3-1-6-13-14(10)21-16(20-13)11-4-2-5-12-15(11)19-8-7-18-12/h1-8H,(H,20,21). The Morgan fingerprint density at radius 3 is 2.71 bits per heavy atom. The predicted octanol–water partition coefficient (Wildman–Crippen LogP) is 3.04. The third kappa shape index (κ3) is 1.74. The zero-order valence-corrected chi connectivity index (χ0v) is 10.9. The largest absolute Gasteiger partial charge is 0.338 e. The fourth-order valence-electron chi connectivity index (χ4n) is 2.43. The molecule has 5 heteroatoms. The molecule has 2 aromatic heterocycles. The lowest BCUT2D eigenvalue weighted by atomic mass is 10.1. The molecule has 4 rings (SSSR count). The molecular formula is C16H9N5. The Morgan fingerprint density at radius 1 is 0.952 bits per heavy atom. The Balaban J connectivity index is 2.03. The maximum Gasteiger partial charge on any atom is 0.140 e. The van der Waals surface area contributed by atoms with Gasteiger partial charge in [-0.2, -0.15) is 5.26 Å². The highest BCUT2D eigenvalue weighted by atomic mass is 14.9. The molecule has 5 nitrogen and oxygen atoms in total. The molecule has 21 heavy (non-hydrogen) atoms. The fraction of sp³-hybridized carbons (Fsp3) is 0. The number of hydrogen-bond donors (Lipinski definition) is 1. The van der Waals surface area contributed by atoms with E-state index in [0.29, 0.717) is 16.9 Å². The van der Waals surface area contributed by atoms with Gasteiger partial charge in [0.05, 0.1) is 22.1 Å². The van der Waals surface area contributed by atoms with Crippen molar-refractivity contribution in [2.75, 3.05) is 0 Å². The van der Waals surface area contributed by atoms with Crippen molar-refractivity contribution >= 4 is 22.1 Å². The predicted molar refractivity (Wildman–Crippen MR) is 79.3 cm³/mol. The summed E-state index contributed by atoms with van der Waals surface area (Å²) in [6, 6.07) is 13.4. The number of benzene rings is 2. The number of hydrogen-bond acceptors (Lipinski definition) is 4. The van der Waals surface area contributed by atoms with Crippen LogP contribution in [-0.2, 0) is 0 Å². The molecule has 0 saturated carbocycles. The fourth-order valence-corrected chi connectivity index (χ4v) is 2.43. The quantitative estimate of drug-likeness (QED) is 0.577. The number of nitrogens with zero attached hydrogens (tertiary/aromatic N) is 4. The van der Waals surface area contributed by atoms with Crippen molar-refractivity contribution in [3.63, 3.8) is 0 Å². The van der Waals surface area contributed by atoms with Crippen molar-refractivity contribution in [2.45, 2.75) is 0 Å². The van der Waals surface area contributed by atoms with Gasteiger partial charge < -0.3 is 4.98 Å². The summed E-state index contributed by atoms with van der Waals surface area (Å²) in [6.45, 7) is 0.